The van der Waals surface area contributed by atoms with Gasteiger partial charge in [0.15, 0.2) is 0 Å². The van der Waals surface area contributed by atoms with Crippen LogP contribution in [0.4, 0.5) is 24.8 Å². The highest BCUT2D eigenvalue weighted by Crippen LogP contribution is 2.21. The summed E-state index contributed by atoms with van der Waals surface area (Å²) in [6, 6.07) is 5.20. The highest BCUT2D eigenvalue weighted by molar-refractivity contribution is 5.80. The van der Waals surface area contributed by atoms with E-state index in [1.165, 1.54) is 0 Å². The molecule has 0 atom stereocenters. The van der Waals surface area contributed by atoms with Crippen molar-refractivity contribution in [3.63, 3.8) is 0 Å². The largest absolute Gasteiger partial charge is 0.399 e. The molecule has 7 heteroatoms. The van der Waals surface area contributed by atoms with Crippen LogP contribution in [0.25, 0.3) is 11.0 Å². The van der Waals surface area contributed by atoms with Gasteiger partial charge in [0.1, 0.15) is 0 Å². The number of fused-ring (bicyclic) bond motifs is 1. The van der Waals surface area contributed by atoms with Gasteiger partial charge >= 0.3 is 6.18 Å². The number of benzene rings is 1. The molecule has 0 bridgehead atoms. The van der Waals surface area contributed by atoms with E-state index in [4.69, 9.17) is 5.73 Å². The number of anilines is 2. The Morgan fingerprint density at radius 1 is 1.33 bits per heavy atom. The monoisotopic (exact) mass is 258 g/mol. The maximum absolute atomic E-state index is 11.9. The first-order valence-corrected chi connectivity index (χ1v) is 5.50. The van der Waals surface area contributed by atoms with E-state index in [-0.39, 0.29) is 13.0 Å². The number of hydrogen-bond donors (Lipinski definition) is 3. The van der Waals surface area contributed by atoms with Gasteiger partial charge in [0.2, 0.25) is 5.95 Å². The molecule has 2 rings (SSSR count). The predicted molar refractivity (Wildman–Crippen MR) is 64.3 cm³/mol. The number of aromatic nitrogens is 2. The molecule has 98 valence electrons. The van der Waals surface area contributed by atoms with Gasteiger partial charge in [-0.1, -0.05) is 0 Å². The Bertz CT molecular complexity index is 533. The third kappa shape index (κ3) is 3.28. The molecular weight excluding hydrogens is 245 g/mol. The minimum Gasteiger partial charge on any atom is -0.399 e. The second kappa shape index (κ2) is 4.75. The number of imidazole rings is 1. The van der Waals surface area contributed by atoms with Gasteiger partial charge in [0, 0.05) is 18.7 Å². The van der Waals surface area contributed by atoms with Gasteiger partial charge in [-0.3, -0.25) is 0 Å². The summed E-state index contributed by atoms with van der Waals surface area (Å²) in [5.41, 5.74) is 7.70. The summed E-state index contributed by atoms with van der Waals surface area (Å²) >= 11 is 0. The zero-order valence-electron chi connectivity index (χ0n) is 9.51. The number of H-pyrrole nitrogens is 1. The summed E-state index contributed by atoms with van der Waals surface area (Å²) in [4.78, 5) is 7.13. The van der Waals surface area contributed by atoms with Crippen molar-refractivity contribution in [1.82, 2.24) is 9.97 Å². The maximum atomic E-state index is 11.9. The SMILES string of the molecule is Nc1ccc2nc(NCCCC(F)(F)F)[nH]c2c1. The fourth-order valence-corrected chi connectivity index (χ4v) is 1.61. The Labute approximate surface area is 101 Å². The number of aromatic amines is 1. The van der Waals surface area contributed by atoms with Gasteiger partial charge in [-0.2, -0.15) is 13.2 Å². The van der Waals surface area contributed by atoms with Crippen LogP contribution in [0.5, 0.6) is 0 Å². The molecule has 2 aromatic rings. The van der Waals surface area contributed by atoms with E-state index in [2.05, 4.69) is 15.3 Å². The van der Waals surface area contributed by atoms with E-state index in [0.717, 1.165) is 11.0 Å². The number of halogens is 3. The summed E-state index contributed by atoms with van der Waals surface area (Å²) in [6.45, 7) is 0.217. The highest BCUT2D eigenvalue weighted by atomic mass is 19.4. The Kier molecular flexibility index (Phi) is 3.31. The van der Waals surface area contributed by atoms with Gasteiger partial charge in [-0.05, 0) is 24.6 Å². The highest BCUT2D eigenvalue weighted by Gasteiger charge is 2.25. The summed E-state index contributed by atoms with van der Waals surface area (Å²) in [7, 11) is 0. The van der Waals surface area contributed by atoms with Crippen molar-refractivity contribution in [1.29, 1.82) is 0 Å². The van der Waals surface area contributed by atoms with Crippen LogP contribution >= 0.6 is 0 Å². The molecule has 1 aromatic heterocycles. The maximum Gasteiger partial charge on any atom is 0.389 e. The first-order valence-electron chi connectivity index (χ1n) is 5.50. The van der Waals surface area contributed by atoms with Crippen LogP contribution in [0.3, 0.4) is 0 Å². The van der Waals surface area contributed by atoms with E-state index in [1.54, 1.807) is 18.2 Å². The minimum absolute atomic E-state index is 0.0166. The van der Waals surface area contributed by atoms with Crippen LogP contribution in [0.2, 0.25) is 0 Å². The molecule has 1 heterocycles. The van der Waals surface area contributed by atoms with Gasteiger partial charge in [0.05, 0.1) is 11.0 Å². The standard InChI is InChI=1S/C11H13F3N4/c12-11(13,14)4-1-5-16-10-17-8-3-2-7(15)6-9(8)18-10/h2-3,6H,1,4-5,15H2,(H2,16,17,18). The number of nitrogens with zero attached hydrogens (tertiary/aromatic N) is 1. The fourth-order valence-electron chi connectivity index (χ4n) is 1.61. The van der Waals surface area contributed by atoms with E-state index >= 15 is 0 Å². The van der Waals surface area contributed by atoms with Crippen molar-refractivity contribution < 1.29 is 13.2 Å². The van der Waals surface area contributed by atoms with Gasteiger partial charge in [-0.25, -0.2) is 4.98 Å². The number of alkyl halides is 3. The molecule has 0 saturated carbocycles. The summed E-state index contributed by atoms with van der Waals surface area (Å²) < 4.78 is 35.8. The molecule has 1 aromatic carbocycles. The zero-order valence-corrected chi connectivity index (χ0v) is 9.51. The predicted octanol–water partition coefficient (Wildman–Crippen LogP) is 2.90. The van der Waals surface area contributed by atoms with Crippen molar-refractivity contribution in [3.8, 4) is 0 Å². The summed E-state index contributed by atoms with van der Waals surface area (Å²) in [6.07, 6.45) is -4.89. The van der Waals surface area contributed by atoms with Crippen molar-refractivity contribution in [2.75, 3.05) is 17.6 Å². The average Bonchev–Trinajstić information content (AvgIpc) is 2.65. The Morgan fingerprint density at radius 2 is 2.11 bits per heavy atom. The van der Waals surface area contributed by atoms with E-state index in [9.17, 15) is 13.2 Å². The molecule has 0 radical (unpaired) electrons. The first kappa shape index (κ1) is 12.5. The average molecular weight is 258 g/mol. The zero-order chi connectivity index (χ0) is 13.2. The molecule has 0 aliphatic carbocycles. The second-order valence-corrected chi connectivity index (χ2v) is 4.01. The third-order valence-electron chi connectivity index (χ3n) is 2.44. The Balaban J connectivity index is 1.92. The third-order valence-corrected chi connectivity index (χ3v) is 2.44. The number of rotatable bonds is 4. The smallest absolute Gasteiger partial charge is 0.389 e. The lowest BCUT2D eigenvalue weighted by Crippen LogP contribution is -2.11. The van der Waals surface area contributed by atoms with Gasteiger partial charge < -0.3 is 16.0 Å². The normalized spacial score (nSPS) is 11.9. The van der Waals surface area contributed by atoms with Crippen molar-refractivity contribution in [3.05, 3.63) is 18.2 Å². The number of hydrogen-bond acceptors (Lipinski definition) is 3. The van der Waals surface area contributed by atoms with Crippen LogP contribution in [0.15, 0.2) is 18.2 Å². The quantitative estimate of drug-likeness (QED) is 0.583. The fraction of sp³-hybridized carbons (Fsp3) is 0.364. The molecular formula is C11H13F3N4. The molecule has 0 unspecified atom stereocenters. The molecule has 0 aliphatic rings. The molecule has 4 N–H and O–H groups in total. The first-order chi connectivity index (χ1) is 8.44. The van der Waals surface area contributed by atoms with Crippen molar-refractivity contribution in [2.45, 2.75) is 19.0 Å². The van der Waals surface area contributed by atoms with Crippen LogP contribution in [0, 0.1) is 0 Å². The van der Waals surface area contributed by atoms with E-state index in [0.29, 0.717) is 11.6 Å². The lowest BCUT2D eigenvalue weighted by molar-refractivity contribution is -0.134. The topological polar surface area (TPSA) is 66.7 Å². The summed E-state index contributed by atoms with van der Waals surface area (Å²) in [5.74, 6) is 0.456. The van der Waals surface area contributed by atoms with Crippen LogP contribution in [-0.2, 0) is 0 Å². The molecule has 0 fully saturated rings. The number of nitrogens with one attached hydrogen (secondary N) is 2. The van der Waals surface area contributed by atoms with Crippen LogP contribution in [0.1, 0.15) is 12.8 Å². The minimum atomic E-state index is -4.11. The number of nitrogen functional groups attached to an aromatic ring is 1. The van der Waals surface area contributed by atoms with Gasteiger partial charge in [0.25, 0.3) is 0 Å². The van der Waals surface area contributed by atoms with Crippen LogP contribution in [-0.4, -0.2) is 22.7 Å². The van der Waals surface area contributed by atoms with E-state index in [1.807, 2.05) is 0 Å². The van der Waals surface area contributed by atoms with Crippen molar-refractivity contribution >= 4 is 22.7 Å². The summed E-state index contributed by atoms with van der Waals surface area (Å²) in [5, 5.41) is 2.82. The van der Waals surface area contributed by atoms with Gasteiger partial charge in [-0.15, -0.1) is 0 Å². The lowest BCUT2D eigenvalue weighted by atomic mass is 10.3. The number of nitrogens with two attached hydrogens (primary N) is 1. The molecule has 4 nitrogen and oxygen atoms in total. The molecule has 0 spiro atoms. The molecule has 18 heavy (non-hydrogen) atoms. The molecule has 0 aliphatic heterocycles. The van der Waals surface area contributed by atoms with Crippen molar-refractivity contribution in [2.24, 2.45) is 0 Å². The molecule has 0 saturated heterocycles. The van der Waals surface area contributed by atoms with Crippen LogP contribution < -0.4 is 11.1 Å². The molecule has 0 amide bonds. The van der Waals surface area contributed by atoms with E-state index < -0.39 is 12.6 Å². The lowest BCUT2D eigenvalue weighted by Gasteiger charge is -2.05. The Hall–Kier alpha value is -1.92. The Morgan fingerprint density at radius 3 is 2.83 bits per heavy atom. The second-order valence-electron chi connectivity index (χ2n) is 4.01.